The summed E-state index contributed by atoms with van der Waals surface area (Å²) >= 11 is 4.21. The normalized spacial score (nSPS) is 27.0. The summed E-state index contributed by atoms with van der Waals surface area (Å²) in [5, 5.41) is 0. The fourth-order valence-corrected chi connectivity index (χ4v) is 8.06. The van der Waals surface area contributed by atoms with Gasteiger partial charge in [0.25, 0.3) is 0 Å². The quantitative estimate of drug-likeness (QED) is 0.619. The van der Waals surface area contributed by atoms with Gasteiger partial charge in [0.1, 0.15) is 5.75 Å². The van der Waals surface area contributed by atoms with Crippen molar-refractivity contribution in [3.63, 3.8) is 0 Å². The van der Waals surface area contributed by atoms with Gasteiger partial charge in [-0.3, -0.25) is 0 Å². The third-order valence-electron chi connectivity index (χ3n) is 5.93. The molecule has 1 aliphatic heterocycles. The van der Waals surface area contributed by atoms with Crippen LogP contribution in [-0.2, 0) is 0 Å². The molecule has 3 atom stereocenters. The molecule has 1 heterocycles. The molecule has 4 rings (SSSR count). The Balaban J connectivity index is 1.77. The predicted molar refractivity (Wildman–Crippen MR) is 124 cm³/mol. The van der Waals surface area contributed by atoms with Crippen LogP contribution in [0.15, 0.2) is 60.7 Å². The van der Waals surface area contributed by atoms with E-state index in [1.54, 1.807) is 7.11 Å². The molecule has 0 bridgehead atoms. The van der Waals surface area contributed by atoms with Crippen molar-refractivity contribution in [2.45, 2.75) is 35.7 Å². The van der Waals surface area contributed by atoms with E-state index >= 15 is 0 Å². The lowest BCUT2D eigenvalue weighted by atomic mass is 9.75. The average Bonchev–Trinajstić information content (AvgIpc) is 2.77. The number of thioether (sulfide) groups is 2. The second kappa shape index (κ2) is 8.98. The zero-order valence-electron chi connectivity index (χ0n) is 16.5. The standard InChI is InChI=1S/C24H29NOS2/c1-26-20-12-10-18(11-13-20)21-17-23(19-7-3-2-4-8-19)28-24(27-16-15-25)14-6-5-9-22(21)24/h2-4,7-8,10-13,17,21-22H,5-6,9,14-16,25H2,1H3. The lowest BCUT2D eigenvalue weighted by Crippen LogP contribution is -2.40. The van der Waals surface area contributed by atoms with Crippen LogP contribution in [-0.4, -0.2) is 23.5 Å². The minimum Gasteiger partial charge on any atom is -0.497 e. The number of hydrogen-bond acceptors (Lipinski definition) is 4. The first-order chi connectivity index (χ1) is 13.8. The first kappa shape index (κ1) is 19.9. The van der Waals surface area contributed by atoms with Gasteiger partial charge < -0.3 is 10.5 Å². The monoisotopic (exact) mass is 411 g/mol. The molecule has 0 saturated heterocycles. The largest absolute Gasteiger partial charge is 0.497 e. The van der Waals surface area contributed by atoms with E-state index in [4.69, 9.17) is 10.5 Å². The van der Waals surface area contributed by atoms with Crippen molar-refractivity contribution in [2.75, 3.05) is 19.4 Å². The Hall–Kier alpha value is -1.36. The third-order valence-corrected chi connectivity index (χ3v) is 9.41. The van der Waals surface area contributed by atoms with Crippen molar-refractivity contribution in [2.24, 2.45) is 11.7 Å². The summed E-state index contributed by atoms with van der Waals surface area (Å²) in [6.07, 6.45) is 7.73. The number of allylic oxidation sites excluding steroid dienone is 1. The summed E-state index contributed by atoms with van der Waals surface area (Å²) in [5.74, 6) is 3.03. The number of nitrogens with two attached hydrogens (primary N) is 1. The van der Waals surface area contributed by atoms with Crippen molar-refractivity contribution in [1.82, 2.24) is 0 Å². The topological polar surface area (TPSA) is 35.2 Å². The molecule has 1 aliphatic carbocycles. The second-order valence-corrected chi connectivity index (χ2v) is 10.7. The summed E-state index contributed by atoms with van der Waals surface area (Å²) in [5.41, 5.74) is 8.67. The summed E-state index contributed by atoms with van der Waals surface area (Å²) in [6, 6.07) is 19.6. The number of hydrogen-bond donors (Lipinski definition) is 1. The Morgan fingerprint density at radius 2 is 1.89 bits per heavy atom. The zero-order valence-corrected chi connectivity index (χ0v) is 18.1. The van der Waals surface area contributed by atoms with Gasteiger partial charge in [0, 0.05) is 23.1 Å². The van der Waals surface area contributed by atoms with Gasteiger partial charge >= 0.3 is 0 Å². The highest BCUT2D eigenvalue weighted by atomic mass is 32.2. The molecule has 3 unspecified atom stereocenters. The smallest absolute Gasteiger partial charge is 0.118 e. The Labute approximate surface area is 177 Å². The van der Waals surface area contributed by atoms with Crippen molar-refractivity contribution < 1.29 is 4.74 Å². The molecule has 0 radical (unpaired) electrons. The molecule has 2 nitrogen and oxygen atoms in total. The number of ether oxygens (including phenoxy) is 1. The maximum absolute atomic E-state index is 5.93. The Morgan fingerprint density at radius 1 is 1.11 bits per heavy atom. The number of benzene rings is 2. The van der Waals surface area contributed by atoms with Gasteiger partial charge in [0.15, 0.2) is 0 Å². The third kappa shape index (κ3) is 4.00. The minimum atomic E-state index is 0.224. The maximum atomic E-state index is 5.93. The average molecular weight is 412 g/mol. The highest BCUT2D eigenvalue weighted by molar-refractivity contribution is 8.22. The van der Waals surface area contributed by atoms with Crippen LogP contribution in [0.1, 0.15) is 42.7 Å². The van der Waals surface area contributed by atoms with Crippen molar-refractivity contribution >= 4 is 28.4 Å². The van der Waals surface area contributed by atoms with Crippen molar-refractivity contribution in [3.8, 4) is 5.75 Å². The highest BCUT2D eigenvalue weighted by Gasteiger charge is 2.48. The Kier molecular flexibility index (Phi) is 6.39. The Bertz CT molecular complexity index is 805. The molecule has 2 aliphatic rings. The van der Waals surface area contributed by atoms with E-state index in [1.165, 1.54) is 41.7 Å². The van der Waals surface area contributed by atoms with Crippen LogP contribution in [0.4, 0.5) is 0 Å². The molecule has 0 amide bonds. The summed E-state index contributed by atoms with van der Waals surface area (Å²) in [7, 11) is 1.73. The van der Waals surface area contributed by atoms with E-state index < -0.39 is 0 Å². The highest BCUT2D eigenvalue weighted by Crippen LogP contribution is 2.63. The first-order valence-electron chi connectivity index (χ1n) is 10.2. The molecule has 1 saturated carbocycles. The van der Waals surface area contributed by atoms with Crippen LogP contribution in [0.25, 0.3) is 4.91 Å². The van der Waals surface area contributed by atoms with E-state index in [-0.39, 0.29) is 4.08 Å². The lowest BCUT2D eigenvalue weighted by Gasteiger charge is -2.49. The van der Waals surface area contributed by atoms with Crippen LogP contribution in [0.3, 0.4) is 0 Å². The number of fused-ring (bicyclic) bond motifs is 1. The molecule has 2 aromatic rings. The maximum Gasteiger partial charge on any atom is 0.118 e. The molecule has 28 heavy (non-hydrogen) atoms. The summed E-state index contributed by atoms with van der Waals surface area (Å²) in [4.78, 5) is 1.42. The molecule has 0 spiro atoms. The van der Waals surface area contributed by atoms with E-state index in [0.717, 1.165) is 18.0 Å². The van der Waals surface area contributed by atoms with Gasteiger partial charge in [0.05, 0.1) is 11.2 Å². The molecule has 4 heteroatoms. The van der Waals surface area contributed by atoms with Crippen LogP contribution in [0, 0.1) is 5.92 Å². The lowest BCUT2D eigenvalue weighted by molar-refractivity contribution is 0.320. The number of rotatable bonds is 6. The van der Waals surface area contributed by atoms with Crippen LogP contribution >= 0.6 is 23.5 Å². The Morgan fingerprint density at radius 3 is 2.61 bits per heavy atom. The van der Waals surface area contributed by atoms with Crippen molar-refractivity contribution in [1.29, 1.82) is 0 Å². The fraction of sp³-hybridized carbons (Fsp3) is 0.417. The zero-order chi connectivity index (χ0) is 19.4. The van der Waals surface area contributed by atoms with Crippen LogP contribution in [0.2, 0.25) is 0 Å². The second-order valence-electron chi connectivity index (χ2n) is 7.60. The molecule has 2 N–H and O–H groups in total. The SMILES string of the molecule is COc1ccc(C2C=C(c3ccccc3)SC3(SCCN)CCCCC23)cc1. The van der Waals surface area contributed by atoms with Gasteiger partial charge in [-0.1, -0.05) is 61.4 Å². The minimum absolute atomic E-state index is 0.224. The van der Waals surface area contributed by atoms with Gasteiger partial charge in [-0.25, -0.2) is 0 Å². The molecular formula is C24H29NOS2. The van der Waals surface area contributed by atoms with E-state index in [1.807, 2.05) is 0 Å². The van der Waals surface area contributed by atoms with E-state index in [0.29, 0.717) is 11.8 Å². The summed E-state index contributed by atoms with van der Waals surface area (Å²) in [6.45, 7) is 0.747. The van der Waals surface area contributed by atoms with Crippen LogP contribution in [0.5, 0.6) is 5.75 Å². The van der Waals surface area contributed by atoms with Gasteiger partial charge in [-0.05, 0) is 42.0 Å². The molecular weight excluding hydrogens is 382 g/mol. The van der Waals surface area contributed by atoms with Crippen molar-refractivity contribution in [3.05, 3.63) is 71.8 Å². The number of methoxy groups -OCH3 is 1. The van der Waals surface area contributed by atoms with Gasteiger partial charge in [-0.2, -0.15) is 0 Å². The van der Waals surface area contributed by atoms with E-state index in [2.05, 4.69) is 84.2 Å². The summed E-state index contributed by atoms with van der Waals surface area (Å²) < 4.78 is 5.61. The molecule has 0 aromatic heterocycles. The molecule has 148 valence electrons. The predicted octanol–water partition coefficient (Wildman–Crippen LogP) is 6.15. The fourth-order valence-electron chi connectivity index (χ4n) is 4.57. The van der Waals surface area contributed by atoms with Gasteiger partial charge in [0.2, 0.25) is 0 Å². The first-order valence-corrected chi connectivity index (χ1v) is 12.0. The van der Waals surface area contributed by atoms with Crippen LogP contribution < -0.4 is 10.5 Å². The molecule has 2 aromatic carbocycles. The van der Waals surface area contributed by atoms with E-state index in [9.17, 15) is 0 Å². The van der Waals surface area contributed by atoms with Gasteiger partial charge in [-0.15, -0.1) is 23.5 Å². The molecule has 1 fully saturated rings.